The summed E-state index contributed by atoms with van der Waals surface area (Å²) in [7, 11) is -3.15. The minimum atomic E-state index is -3.15. The van der Waals surface area contributed by atoms with Gasteiger partial charge >= 0.3 is 5.69 Å². The fraction of sp³-hybridized carbons (Fsp3) is 0.579. The number of carbonyl (C=O) groups excluding carboxylic acids is 1. The Labute approximate surface area is 168 Å². The van der Waals surface area contributed by atoms with Gasteiger partial charge in [0.15, 0.2) is 15.5 Å². The monoisotopic (exact) mass is 422 g/mol. The molecule has 2 aromatic rings. The number of nitrogens with zero attached hydrogens (tertiary/aromatic N) is 3. The number of aromatic nitrogens is 3. The van der Waals surface area contributed by atoms with E-state index in [4.69, 9.17) is 0 Å². The number of nitrogens with one attached hydrogen (secondary N) is 1. The third-order valence-corrected chi connectivity index (χ3v) is 6.58. The predicted octanol–water partition coefficient (Wildman–Crippen LogP) is 0.735. The van der Waals surface area contributed by atoms with Gasteiger partial charge < -0.3 is 4.90 Å². The van der Waals surface area contributed by atoms with Crippen LogP contribution in [0.4, 0.5) is 0 Å². The number of amides is 1. The second kappa shape index (κ2) is 7.74. The van der Waals surface area contributed by atoms with Crippen LogP contribution >= 0.6 is 0 Å². The molecule has 0 saturated carbocycles. The fourth-order valence-corrected chi connectivity index (χ4v) is 4.58. The molecule has 2 aromatic heterocycles. The number of fused-ring (bicyclic) bond motifs is 1. The van der Waals surface area contributed by atoms with Gasteiger partial charge in [-0.2, -0.15) is 0 Å². The Balaban J connectivity index is 2.24. The lowest BCUT2D eigenvalue weighted by molar-refractivity contribution is 0.0772. The SMILES string of the molecule is CC(C)Cn1c(=O)[nH]c(=O)c2c(C(=O)N3CCS(=O)(=O)CC3)cc(C(C)C)nc21. The molecule has 0 radical (unpaired) electrons. The van der Waals surface area contributed by atoms with Crippen molar-refractivity contribution < 1.29 is 13.2 Å². The summed E-state index contributed by atoms with van der Waals surface area (Å²) in [5.74, 6) is -0.540. The van der Waals surface area contributed by atoms with Crippen LogP contribution in [0, 0.1) is 5.92 Å². The summed E-state index contributed by atoms with van der Waals surface area (Å²) >= 11 is 0. The van der Waals surface area contributed by atoms with E-state index in [1.165, 1.54) is 9.47 Å². The highest BCUT2D eigenvalue weighted by Gasteiger charge is 2.29. The number of sulfone groups is 1. The van der Waals surface area contributed by atoms with Crippen molar-refractivity contribution in [1.82, 2.24) is 19.4 Å². The molecule has 158 valence electrons. The van der Waals surface area contributed by atoms with Gasteiger partial charge in [0.1, 0.15) is 0 Å². The largest absolute Gasteiger partial charge is 0.337 e. The minimum Gasteiger partial charge on any atom is -0.337 e. The molecular weight excluding hydrogens is 396 g/mol. The molecule has 0 atom stereocenters. The average Bonchev–Trinajstić information content (AvgIpc) is 2.63. The van der Waals surface area contributed by atoms with Crippen molar-refractivity contribution in [3.05, 3.63) is 38.2 Å². The van der Waals surface area contributed by atoms with Crippen LogP contribution in [0.1, 0.15) is 49.7 Å². The van der Waals surface area contributed by atoms with Gasteiger partial charge in [-0.3, -0.25) is 19.1 Å². The topological polar surface area (TPSA) is 122 Å². The van der Waals surface area contributed by atoms with E-state index in [2.05, 4.69) is 9.97 Å². The Morgan fingerprint density at radius 2 is 1.79 bits per heavy atom. The minimum absolute atomic E-state index is 0.0328. The molecule has 0 spiro atoms. The fourth-order valence-electron chi connectivity index (χ4n) is 3.38. The quantitative estimate of drug-likeness (QED) is 0.775. The maximum atomic E-state index is 13.2. The molecule has 3 heterocycles. The van der Waals surface area contributed by atoms with Crippen molar-refractivity contribution in [3.63, 3.8) is 0 Å². The Kier molecular flexibility index (Phi) is 5.66. The van der Waals surface area contributed by atoms with Crippen molar-refractivity contribution in [2.45, 2.75) is 40.2 Å². The molecule has 1 N–H and O–H groups in total. The maximum absolute atomic E-state index is 13.2. The zero-order chi connectivity index (χ0) is 21.5. The molecule has 0 aliphatic carbocycles. The van der Waals surface area contributed by atoms with E-state index in [1.807, 2.05) is 27.7 Å². The van der Waals surface area contributed by atoms with E-state index < -0.39 is 27.0 Å². The first kappa shape index (κ1) is 21.2. The molecule has 1 aliphatic heterocycles. The molecule has 0 bridgehead atoms. The maximum Gasteiger partial charge on any atom is 0.330 e. The Bertz CT molecular complexity index is 1160. The number of hydrogen-bond donors (Lipinski definition) is 1. The number of carbonyl (C=O) groups is 1. The van der Waals surface area contributed by atoms with E-state index in [0.717, 1.165) is 0 Å². The highest BCUT2D eigenvalue weighted by molar-refractivity contribution is 7.91. The average molecular weight is 423 g/mol. The Morgan fingerprint density at radius 1 is 1.17 bits per heavy atom. The highest BCUT2D eigenvalue weighted by Crippen LogP contribution is 2.22. The highest BCUT2D eigenvalue weighted by atomic mass is 32.2. The van der Waals surface area contributed by atoms with Crippen LogP contribution in [0.5, 0.6) is 0 Å². The van der Waals surface area contributed by atoms with Crippen LogP contribution in [0.3, 0.4) is 0 Å². The lowest BCUT2D eigenvalue weighted by Crippen LogP contribution is -2.44. The molecule has 29 heavy (non-hydrogen) atoms. The Morgan fingerprint density at radius 3 is 2.34 bits per heavy atom. The second-order valence-electron chi connectivity index (χ2n) is 8.16. The van der Waals surface area contributed by atoms with E-state index in [1.54, 1.807) is 6.07 Å². The molecular formula is C19H26N4O5S. The van der Waals surface area contributed by atoms with Crippen LogP contribution in [0.15, 0.2) is 15.7 Å². The molecule has 10 heteroatoms. The van der Waals surface area contributed by atoms with E-state index in [9.17, 15) is 22.8 Å². The van der Waals surface area contributed by atoms with Crippen LogP contribution in [0.2, 0.25) is 0 Å². The molecule has 9 nitrogen and oxygen atoms in total. The summed E-state index contributed by atoms with van der Waals surface area (Å²) in [5.41, 5.74) is -0.302. The number of H-pyrrole nitrogens is 1. The van der Waals surface area contributed by atoms with E-state index in [-0.39, 0.29) is 53.0 Å². The lowest BCUT2D eigenvalue weighted by atomic mass is 10.0. The van der Waals surface area contributed by atoms with Gasteiger partial charge in [0, 0.05) is 25.3 Å². The summed E-state index contributed by atoms with van der Waals surface area (Å²) in [4.78, 5) is 46.6. The second-order valence-corrected chi connectivity index (χ2v) is 10.5. The Hall–Kier alpha value is -2.49. The third kappa shape index (κ3) is 4.26. The number of aromatic amines is 1. The number of rotatable bonds is 4. The zero-order valence-corrected chi connectivity index (χ0v) is 17.9. The number of hydrogen-bond acceptors (Lipinski definition) is 6. The lowest BCUT2D eigenvalue weighted by Gasteiger charge is -2.27. The van der Waals surface area contributed by atoms with Crippen LogP contribution in [-0.4, -0.2) is 58.4 Å². The predicted molar refractivity (Wildman–Crippen MR) is 110 cm³/mol. The first-order valence-electron chi connectivity index (χ1n) is 9.67. The molecule has 0 aromatic carbocycles. The standard InChI is InChI=1S/C19H26N4O5S/c1-11(2)10-23-16-15(17(24)21-19(23)26)13(9-14(20-16)12(3)4)18(25)22-5-7-29(27,28)8-6-22/h9,11-12H,5-8,10H2,1-4H3,(H,21,24,26). The number of pyridine rings is 1. The summed E-state index contributed by atoms with van der Waals surface area (Å²) in [6.07, 6.45) is 0. The first-order chi connectivity index (χ1) is 13.5. The van der Waals surface area contributed by atoms with Crippen LogP contribution in [-0.2, 0) is 16.4 Å². The molecule has 1 saturated heterocycles. The van der Waals surface area contributed by atoms with Crippen molar-refractivity contribution in [2.75, 3.05) is 24.6 Å². The molecule has 1 aliphatic rings. The van der Waals surface area contributed by atoms with Crippen molar-refractivity contribution >= 4 is 26.8 Å². The van der Waals surface area contributed by atoms with Gasteiger partial charge in [-0.15, -0.1) is 0 Å². The van der Waals surface area contributed by atoms with E-state index >= 15 is 0 Å². The molecule has 3 rings (SSSR count). The van der Waals surface area contributed by atoms with Crippen molar-refractivity contribution in [1.29, 1.82) is 0 Å². The van der Waals surface area contributed by atoms with Crippen molar-refractivity contribution in [3.8, 4) is 0 Å². The van der Waals surface area contributed by atoms with Crippen molar-refractivity contribution in [2.24, 2.45) is 5.92 Å². The normalized spacial score (nSPS) is 16.7. The molecule has 0 unspecified atom stereocenters. The first-order valence-corrected chi connectivity index (χ1v) is 11.5. The molecule has 1 amide bonds. The third-order valence-electron chi connectivity index (χ3n) is 4.97. The zero-order valence-electron chi connectivity index (χ0n) is 17.1. The van der Waals surface area contributed by atoms with Gasteiger partial charge in [0.2, 0.25) is 0 Å². The van der Waals surface area contributed by atoms with E-state index in [0.29, 0.717) is 12.2 Å². The van der Waals surface area contributed by atoms with Crippen LogP contribution < -0.4 is 11.2 Å². The smallest absolute Gasteiger partial charge is 0.330 e. The summed E-state index contributed by atoms with van der Waals surface area (Å²) in [6.45, 7) is 8.20. The summed E-state index contributed by atoms with van der Waals surface area (Å²) in [5, 5.41) is 0.0630. The van der Waals surface area contributed by atoms with Gasteiger partial charge in [-0.05, 0) is 17.9 Å². The van der Waals surface area contributed by atoms with Gasteiger partial charge in [0.25, 0.3) is 11.5 Å². The van der Waals surface area contributed by atoms with Gasteiger partial charge in [-0.25, -0.2) is 18.2 Å². The summed E-state index contributed by atoms with van der Waals surface area (Å²) < 4.78 is 24.8. The van der Waals surface area contributed by atoms with Crippen LogP contribution in [0.25, 0.3) is 11.0 Å². The molecule has 1 fully saturated rings. The van der Waals surface area contributed by atoms with Gasteiger partial charge in [0.05, 0.1) is 22.5 Å². The summed E-state index contributed by atoms with van der Waals surface area (Å²) in [6, 6.07) is 1.58. The van der Waals surface area contributed by atoms with Gasteiger partial charge in [-0.1, -0.05) is 27.7 Å².